The van der Waals surface area contributed by atoms with E-state index in [9.17, 15) is 0 Å². The minimum absolute atomic E-state index is 0.343. The molecule has 1 aromatic rings. The monoisotopic (exact) mass is 151 g/mol. The van der Waals surface area contributed by atoms with E-state index in [0.29, 0.717) is 18.4 Å². The summed E-state index contributed by atoms with van der Waals surface area (Å²) in [5.74, 6) is 1.16. The molecule has 60 valence electrons. The van der Waals surface area contributed by atoms with Crippen molar-refractivity contribution in [3.8, 4) is 0 Å². The normalized spacial score (nSPS) is 28.9. The molecule has 2 rings (SSSR count). The van der Waals surface area contributed by atoms with Crippen LogP contribution in [0.2, 0.25) is 0 Å². The van der Waals surface area contributed by atoms with Crippen molar-refractivity contribution in [1.29, 1.82) is 0 Å². The van der Waals surface area contributed by atoms with Crippen LogP contribution in [0.15, 0.2) is 18.3 Å². The van der Waals surface area contributed by atoms with E-state index in [1.165, 1.54) is 5.69 Å². The largest absolute Gasteiger partial charge is 0.396 e. The van der Waals surface area contributed by atoms with E-state index in [0.717, 1.165) is 6.42 Å². The Balaban J connectivity index is 2.14. The first-order chi connectivity index (χ1) is 5.33. The summed E-state index contributed by atoms with van der Waals surface area (Å²) in [4.78, 5) is 0. The van der Waals surface area contributed by atoms with Gasteiger partial charge in [-0.15, -0.1) is 0 Å². The molecule has 1 aliphatic carbocycles. The second-order valence-electron chi connectivity index (χ2n) is 3.33. The second kappa shape index (κ2) is 2.38. The first-order valence-electron chi connectivity index (χ1n) is 4.05. The average molecular weight is 151 g/mol. The fourth-order valence-corrected chi connectivity index (χ4v) is 1.67. The molecule has 0 saturated heterocycles. The molecule has 1 saturated carbocycles. The number of aryl methyl sites for hydroxylation is 1. The van der Waals surface area contributed by atoms with Gasteiger partial charge in [-0.1, -0.05) is 0 Å². The molecule has 1 heterocycles. The van der Waals surface area contributed by atoms with Gasteiger partial charge in [-0.3, -0.25) is 0 Å². The van der Waals surface area contributed by atoms with Crippen molar-refractivity contribution in [1.82, 2.24) is 4.57 Å². The molecule has 1 aliphatic rings. The topological polar surface area (TPSA) is 25.2 Å². The third-order valence-corrected chi connectivity index (χ3v) is 2.52. The maximum absolute atomic E-state index is 8.86. The molecule has 0 aromatic carbocycles. The van der Waals surface area contributed by atoms with Gasteiger partial charge in [0.1, 0.15) is 0 Å². The SMILES string of the molecule is Cn1cccc1C1CC1CO. The average Bonchev–Trinajstić information content (AvgIpc) is 2.68. The summed E-state index contributed by atoms with van der Waals surface area (Å²) in [5, 5.41) is 8.86. The second-order valence-corrected chi connectivity index (χ2v) is 3.33. The van der Waals surface area contributed by atoms with E-state index in [1.54, 1.807) is 0 Å². The standard InChI is InChI=1S/C9H13NO/c1-10-4-2-3-9(10)8-5-7(8)6-11/h2-4,7-8,11H,5-6H2,1H3. The van der Waals surface area contributed by atoms with Gasteiger partial charge in [0.05, 0.1) is 0 Å². The van der Waals surface area contributed by atoms with Crippen LogP contribution in [0.4, 0.5) is 0 Å². The quantitative estimate of drug-likeness (QED) is 0.673. The molecule has 0 spiro atoms. The van der Waals surface area contributed by atoms with Gasteiger partial charge in [0.2, 0.25) is 0 Å². The lowest BCUT2D eigenvalue weighted by molar-refractivity contribution is 0.273. The molecule has 1 aromatic heterocycles. The Labute approximate surface area is 66.5 Å². The fraction of sp³-hybridized carbons (Fsp3) is 0.556. The summed E-state index contributed by atoms with van der Waals surface area (Å²) in [6.07, 6.45) is 3.22. The number of aromatic nitrogens is 1. The first-order valence-corrected chi connectivity index (χ1v) is 4.05. The van der Waals surface area contributed by atoms with Crippen LogP contribution in [-0.4, -0.2) is 16.3 Å². The summed E-state index contributed by atoms with van der Waals surface area (Å²) in [6.45, 7) is 0.343. The van der Waals surface area contributed by atoms with Gasteiger partial charge < -0.3 is 9.67 Å². The summed E-state index contributed by atoms with van der Waals surface area (Å²) < 4.78 is 2.14. The highest BCUT2D eigenvalue weighted by molar-refractivity contribution is 5.19. The Kier molecular flexibility index (Phi) is 1.50. The third kappa shape index (κ3) is 1.07. The van der Waals surface area contributed by atoms with E-state index < -0.39 is 0 Å². The number of nitrogens with zero attached hydrogens (tertiary/aromatic N) is 1. The van der Waals surface area contributed by atoms with E-state index in [2.05, 4.69) is 29.9 Å². The van der Waals surface area contributed by atoms with Crippen molar-refractivity contribution >= 4 is 0 Å². The van der Waals surface area contributed by atoms with E-state index in [1.807, 2.05) is 0 Å². The number of aliphatic hydroxyl groups is 1. The van der Waals surface area contributed by atoms with Gasteiger partial charge in [-0.05, 0) is 24.5 Å². The summed E-state index contributed by atoms with van der Waals surface area (Å²) in [7, 11) is 2.06. The molecule has 11 heavy (non-hydrogen) atoms. The molecular formula is C9H13NO. The molecule has 2 nitrogen and oxygen atoms in total. The lowest BCUT2D eigenvalue weighted by atomic mass is 10.2. The molecule has 1 fully saturated rings. The van der Waals surface area contributed by atoms with Crippen LogP contribution in [0.25, 0.3) is 0 Å². The molecule has 0 amide bonds. The van der Waals surface area contributed by atoms with E-state index >= 15 is 0 Å². The van der Waals surface area contributed by atoms with Crippen LogP contribution in [0.3, 0.4) is 0 Å². The Morgan fingerprint density at radius 1 is 1.73 bits per heavy atom. The van der Waals surface area contributed by atoms with Crippen LogP contribution in [0.5, 0.6) is 0 Å². The number of rotatable bonds is 2. The highest BCUT2D eigenvalue weighted by atomic mass is 16.3. The molecule has 0 radical (unpaired) electrons. The predicted molar refractivity (Wildman–Crippen MR) is 43.3 cm³/mol. The zero-order chi connectivity index (χ0) is 7.84. The van der Waals surface area contributed by atoms with Crippen molar-refractivity contribution in [2.75, 3.05) is 6.61 Å². The van der Waals surface area contributed by atoms with Crippen molar-refractivity contribution < 1.29 is 5.11 Å². The predicted octanol–water partition coefficient (Wildman–Crippen LogP) is 1.12. The maximum Gasteiger partial charge on any atom is 0.0465 e. The Bertz CT molecular complexity index is 254. The Morgan fingerprint density at radius 2 is 2.55 bits per heavy atom. The number of hydrogen-bond acceptors (Lipinski definition) is 1. The van der Waals surface area contributed by atoms with Crippen LogP contribution >= 0.6 is 0 Å². The van der Waals surface area contributed by atoms with E-state index in [-0.39, 0.29) is 0 Å². The smallest absolute Gasteiger partial charge is 0.0465 e. The molecule has 0 bridgehead atoms. The van der Waals surface area contributed by atoms with Gasteiger partial charge in [-0.25, -0.2) is 0 Å². The summed E-state index contributed by atoms with van der Waals surface area (Å²) in [6, 6.07) is 4.20. The Hall–Kier alpha value is -0.760. The van der Waals surface area contributed by atoms with Gasteiger partial charge in [0.25, 0.3) is 0 Å². The molecule has 2 atom stereocenters. The maximum atomic E-state index is 8.86. The number of hydrogen-bond donors (Lipinski definition) is 1. The minimum atomic E-state index is 0.343. The summed E-state index contributed by atoms with van der Waals surface area (Å²) >= 11 is 0. The molecule has 2 heteroatoms. The van der Waals surface area contributed by atoms with Crippen molar-refractivity contribution in [2.45, 2.75) is 12.3 Å². The Morgan fingerprint density at radius 3 is 3.00 bits per heavy atom. The third-order valence-electron chi connectivity index (χ3n) is 2.52. The lowest BCUT2D eigenvalue weighted by Crippen LogP contribution is -1.95. The van der Waals surface area contributed by atoms with Crippen LogP contribution in [0.1, 0.15) is 18.0 Å². The van der Waals surface area contributed by atoms with Crippen molar-refractivity contribution in [3.63, 3.8) is 0 Å². The molecule has 0 aliphatic heterocycles. The zero-order valence-corrected chi connectivity index (χ0v) is 6.70. The summed E-state index contributed by atoms with van der Waals surface area (Å²) in [5.41, 5.74) is 1.36. The molecule has 2 unspecified atom stereocenters. The number of aliphatic hydroxyl groups excluding tert-OH is 1. The molecule has 1 N–H and O–H groups in total. The molecular weight excluding hydrogens is 138 g/mol. The van der Waals surface area contributed by atoms with Crippen molar-refractivity contribution in [3.05, 3.63) is 24.0 Å². The van der Waals surface area contributed by atoms with Crippen LogP contribution in [-0.2, 0) is 7.05 Å². The van der Waals surface area contributed by atoms with Crippen LogP contribution < -0.4 is 0 Å². The first kappa shape index (κ1) is 6.92. The fourth-order valence-electron chi connectivity index (χ4n) is 1.67. The van der Waals surface area contributed by atoms with Crippen molar-refractivity contribution in [2.24, 2.45) is 13.0 Å². The minimum Gasteiger partial charge on any atom is -0.396 e. The van der Waals surface area contributed by atoms with Gasteiger partial charge in [-0.2, -0.15) is 0 Å². The van der Waals surface area contributed by atoms with Gasteiger partial charge in [0, 0.05) is 31.5 Å². The van der Waals surface area contributed by atoms with E-state index in [4.69, 9.17) is 5.11 Å². The highest BCUT2D eigenvalue weighted by Gasteiger charge is 2.38. The lowest BCUT2D eigenvalue weighted by Gasteiger charge is -1.99. The van der Waals surface area contributed by atoms with Gasteiger partial charge in [0.15, 0.2) is 0 Å². The van der Waals surface area contributed by atoms with Crippen LogP contribution in [0, 0.1) is 5.92 Å². The van der Waals surface area contributed by atoms with Gasteiger partial charge >= 0.3 is 0 Å². The highest BCUT2D eigenvalue weighted by Crippen LogP contribution is 2.46. The zero-order valence-electron chi connectivity index (χ0n) is 6.70.